The van der Waals surface area contributed by atoms with E-state index >= 15 is 0 Å². The first-order valence-corrected chi connectivity index (χ1v) is 10.8. The van der Waals surface area contributed by atoms with Crippen molar-refractivity contribution >= 4 is 11.6 Å². The highest BCUT2D eigenvalue weighted by Crippen LogP contribution is 2.47. The van der Waals surface area contributed by atoms with Crippen LogP contribution in [0.3, 0.4) is 0 Å². The van der Waals surface area contributed by atoms with Gasteiger partial charge in [-0.25, -0.2) is 4.39 Å². The zero-order valence-corrected chi connectivity index (χ0v) is 20.0. The minimum absolute atomic E-state index is 0. The molecule has 3 unspecified atom stereocenters. The van der Waals surface area contributed by atoms with Gasteiger partial charge in [0, 0.05) is 17.7 Å². The molecule has 0 N–H and O–H groups in total. The Kier molecular flexibility index (Phi) is 6.73. The molecule has 2 aromatic rings. The number of likely N-dealkylation sites (tertiary alicyclic amines) is 1. The molecular formula is C25H32BrFN2O. The van der Waals surface area contributed by atoms with Crippen molar-refractivity contribution in [2.24, 2.45) is 5.92 Å². The average molecular weight is 475 g/mol. The van der Waals surface area contributed by atoms with Gasteiger partial charge in [0.2, 0.25) is 0 Å². The van der Waals surface area contributed by atoms with E-state index in [0.29, 0.717) is 17.4 Å². The lowest BCUT2D eigenvalue weighted by molar-refractivity contribution is -0.916. The number of carbonyl (C=O) groups is 1. The van der Waals surface area contributed by atoms with Crippen molar-refractivity contribution in [3.05, 3.63) is 65.0 Å². The molecule has 3 atom stereocenters. The van der Waals surface area contributed by atoms with Gasteiger partial charge in [-0.15, -0.1) is 0 Å². The van der Waals surface area contributed by atoms with Gasteiger partial charge < -0.3 is 26.4 Å². The second-order valence-electron chi connectivity index (χ2n) is 9.64. The Morgan fingerprint density at radius 3 is 2.57 bits per heavy atom. The van der Waals surface area contributed by atoms with Crippen molar-refractivity contribution in [1.82, 2.24) is 0 Å². The topological polar surface area (TPSA) is 20.3 Å². The van der Waals surface area contributed by atoms with Crippen LogP contribution < -0.4 is 21.9 Å². The first-order valence-electron chi connectivity index (χ1n) is 10.8. The van der Waals surface area contributed by atoms with Gasteiger partial charge in [0.1, 0.15) is 5.82 Å². The van der Waals surface area contributed by atoms with Crippen molar-refractivity contribution in [3.63, 3.8) is 0 Å². The standard InChI is InChI=1S/C25H32FN2O.BrH/c1-17(2)11-13-28(4)14-12-24-22(16-28)21-15-18(3)5-10-23(21)27(24)25(29)19-6-8-20(26)9-7-19;/h5-10,15,17,22,24H,11-14,16H2,1-4H3;1H/q+1;/p-1. The van der Waals surface area contributed by atoms with E-state index in [9.17, 15) is 9.18 Å². The fourth-order valence-electron chi connectivity index (χ4n) is 5.08. The number of fused-ring (bicyclic) bond motifs is 3. The number of quaternary nitrogens is 1. The number of carbonyl (C=O) groups excluding carboxylic acids is 1. The minimum atomic E-state index is -0.312. The molecule has 2 aromatic carbocycles. The number of anilines is 1. The summed E-state index contributed by atoms with van der Waals surface area (Å²) < 4.78 is 14.4. The molecule has 162 valence electrons. The smallest absolute Gasteiger partial charge is 0.258 e. The summed E-state index contributed by atoms with van der Waals surface area (Å²) in [6.07, 6.45) is 2.23. The van der Waals surface area contributed by atoms with Gasteiger partial charge in [-0.3, -0.25) is 4.79 Å². The number of rotatable bonds is 4. The van der Waals surface area contributed by atoms with Gasteiger partial charge in [-0.05, 0) is 55.2 Å². The average Bonchev–Trinajstić information content (AvgIpc) is 2.99. The molecule has 0 bridgehead atoms. The molecule has 0 saturated carbocycles. The van der Waals surface area contributed by atoms with Gasteiger partial charge >= 0.3 is 0 Å². The van der Waals surface area contributed by atoms with Crippen LogP contribution in [-0.2, 0) is 0 Å². The quantitative estimate of drug-likeness (QED) is 0.621. The first kappa shape index (κ1) is 23.0. The number of nitrogens with zero attached hydrogens (tertiary/aromatic N) is 2. The van der Waals surface area contributed by atoms with E-state index < -0.39 is 0 Å². The highest BCUT2D eigenvalue weighted by atomic mass is 79.9. The lowest BCUT2D eigenvalue weighted by atomic mass is 9.86. The van der Waals surface area contributed by atoms with Crippen LogP contribution in [0.4, 0.5) is 10.1 Å². The molecule has 1 amide bonds. The molecule has 3 nitrogen and oxygen atoms in total. The summed E-state index contributed by atoms with van der Waals surface area (Å²) in [5.41, 5.74) is 4.14. The normalized spacial score (nSPS) is 24.9. The summed E-state index contributed by atoms with van der Waals surface area (Å²) >= 11 is 0. The number of benzene rings is 2. The van der Waals surface area contributed by atoms with Crippen LogP contribution in [0.25, 0.3) is 0 Å². The highest BCUT2D eigenvalue weighted by molar-refractivity contribution is 6.08. The number of aryl methyl sites for hydroxylation is 1. The summed E-state index contributed by atoms with van der Waals surface area (Å²) in [5.74, 6) is 0.742. The van der Waals surface area contributed by atoms with Crippen LogP contribution in [0.1, 0.15) is 54.1 Å². The van der Waals surface area contributed by atoms with Crippen LogP contribution in [0, 0.1) is 18.7 Å². The fourth-order valence-corrected chi connectivity index (χ4v) is 5.08. The Morgan fingerprint density at radius 2 is 1.90 bits per heavy atom. The van der Waals surface area contributed by atoms with Crippen molar-refractivity contribution in [2.75, 3.05) is 31.6 Å². The predicted octanol–water partition coefficient (Wildman–Crippen LogP) is 2.15. The molecule has 1 saturated heterocycles. The largest absolute Gasteiger partial charge is 1.00 e. The van der Waals surface area contributed by atoms with E-state index in [1.54, 1.807) is 12.1 Å². The Labute approximate surface area is 190 Å². The second-order valence-corrected chi connectivity index (χ2v) is 9.64. The van der Waals surface area contributed by atoms with Gasteiger partial charge in [-0.1, -0.05) is 31.5 Å². The maximum Gasteiger partial charge on any atom is 0.258 e. The van der Waals surface area contributed by atoms with E-state index in [1.165, 1.54) is 36.2 Å². The molecule has 2 aliphatic heterocycles. The predicted molar refractivity (Wildman–Crippen MR) is 116 cm³/mol. The number of hydrogen-bond acceptors (Lipinski definition) is 1. The number of hydrogen-bond donors (Lipinski definition) is 0. The molecule has 30 heavy (non-hydrogen) atoms. The molecule has 4 rings (SSSR count). The van der Waals surface area contributed by atoms with Crippen molar-refractivity contribution in [3.8, 4) is 0 Å². The number of likely N-dealkylation sites (N-methyl/N-ethyl adjacent to an activating group) is 1. The Morgan fingerprint density at radius 1 is 1.20 bits per heavy atom. The van der Waals surface area contributed by atoms with Crippen LogP contribution >= 0.6 is 0 Å². The SMILES string of the molecule is Cc1ccc2c(c1)C1C[N+](C)(CCC(C)C)CCC1N2C(=O)c1ccc(F)cc1.[Br-]. The van der Waals surface area contributed by atoms with Gasteiger partial charge in [0.05, 0.1) is 38.6 Å². The number of amides is 1. The second kappa shape index (κ2) is 8.80. The molecule has 2 aliphatic rings. The van der Waals surface area contributed by atoms with E-state index in [2.05, 4.69) is 46.0 Å². The van der Waals surface area contributed by atoms with Crippen molar-refractivity contribution < 1.29 is 30.6 Å². The van der Waals surface area contributed by atoms with Crippen LogP contribution in [0.2, 0.25) is 0 Å². The lowest BCUT2D eigenvalue weighted by Crippen LogP contribution is -3.00. The molecule has 0 aromatic heterocycles. The molecule has 0 aliphatic carbocycles. The molecule has 1 fully saturated rings. The Hall–Kier alpha value is -1.72. The highest BCUT2D eigenvalue weighted by Gasteiger charge is 2.48. The van der Waals surface area contributed by atoms with Crippen LogP contribution in [0.5, 0.6) is 0 Å². The maximum absolute atomic E-state index is 13.4. The van der Waals surface area contributed by atoms with Gasteiger partial charge in [0.15, 0.2) is 0 Å². The maximum atomic E-state index is 13.4. The van der Waals surface area contributed by atoms with Crippen LogP contribution in [-0.4, -0.2) is 43.1 Å². The van der Waals surface area contributed by atoms with Gasteiger partial charge in [0.25, 0.3) is 5.91 Å². The summed E-state index contributed by atoms with van der Waals surface area (Å²) in [5, 5.41) is 0. The third kappa shape index (κ3) is 4.33. The van der Waals surface area contributed by atoms with Crippen molar-refractivity contribution in [2.45, 2.75) is 45.6 Å². The third-order valence-electron chi connectivity index (χ3n) is 6.80. The van der Waals surface area contributed by atoms with E-state index in [0.717, 1.165) is 29.7 Å². The van der Waals surface area contributed by atoms with Gasteiger partial charge in [-0.2, -0.15) is 0 Å². The summed E-state index contributed by atoms with van der Waals surface area (Å²) in [6.45, 7) is 10.0. The molecule has 2 heterocycles. The van der Waals surface area contributed by atoms with Crippen LogP contribution in [0.15, 0.2) is 42.5 Å². The van der Waals surface area contributed by atoms with Crippen molar-refractivity contribution in [1.29, 1.82) is 0 Å². The summed E-state index contributed by atoms with van der Waals surface area (Å²) in [4.78, 5) is 15.4. The minimum Gasteiger partial charge on any atom is -1.00 e. The third-order valence-corrected chi connectivity index (χ3v) is 6.80. The van der Waals surface area contributed by atoms with E-state index in [1.807, 2.05) is 4.90 Å². The summed E-state index contributed by atoms with van der Waals surface area (Å²) in [7, 11) is 2.37. The monoisotopic (exact) mass is 474 g/mol. The zero-order valence-electron chi connectivity index (χ0n) is 18.4. The van der Waals surface area contributed by atoms with E-state index in [-0.39, 0.29) is 34.7 Å². The molecule has 5 heteroatoms. The Bertz CT molecular complexity index is 914. The lowest BCUT2D eigenvalue weighted by Gasteiger charge is -2.44. The summed E-state index contributed by atoms with van der Waals surface area (Å²) in [6, 6.07) is 12.6. The molecule has 0 radical (unpaired) electrons. The first-order chi connectivity index (χ1) is 13.8. The van der Waals surface area contributed by atoms with E-state index in [4.69, 9.17) is 0 Å². The Balaban J connectivity index is 0.00000256. The number of halogens is 2. The zero-order chi connectivity index (χ0) is 20.8. The molecular weight excluding hydrogens is 443 g/mol. The number of piperidine rings is 1. The fraction of sp³-hybridized carbons (Fsp3) is 0.480. The molecule has 0 spiro atoms.